The van der Waals surface area contributed by atoms with E-state index in [1.54, 1.807) is 6.92 Å². The van der Waals surface area contributed by atoms with E-state index in [1.807, 2.05) is 0 Å². The van der Waals surface area contributed by atoms with Crippen molar-refractivity contribution in [2.45, 2.75) is 13.3 Å². The van der Waals surface area contributed by atoms with Gasteiger partial charge in [-0.2, -0.15) is 0 Å². The number of benzene rings is 1. The zero-order valence-electron chi connectivity index (χ0n) is 16.2. The van der Waals surface area contributed by atoms with Gasteiger partial charge in [-0.05, 0) is 13.0 Å². The van der Waals surface area contributed by atoms with Gasteiger partial charge in [-0.1, -0.05) is 17.3 Å². The molecule has 13 heteroatoms. The molecule has 1 aromatic carbocycles. The number of nitrogens with zero attached hydrogens (tertiary/aromatic N) is 3. The number of nitrogens with one attached hydrogen (secondary N) is 2. The lowest BCUT2D eigenvalue weighted by Crippen LogP contribution is -2.43. The van der Waals surface area contributed by atoms with Gasteiger partial charge in [0, 0.05) is 18.6 Å². The van der Waals surface area contributed by atoms with Gasteiger partial charge in [0.25, 0.3) is 17.5 Å². The van der Waals surface area contributed by atoms with E-state index in [-0.39, 0.29) is 24.3 Å². The van der Waals surface area contributed by atoms with E-state index in [9.17, 15) is 29.3 Å². The summed E-state index contributed by atoms with van der Waals surface area (Å²) in [5.74, 6) is -3.15. The van der Waals surface area contributed by atoms with E-state index in [0.717, 1.165) is 11.1 Å². The topological polar surface area (TPSA) is 174 Å². The molecule has 3 amide bonds. The zero-order valence-corrected chi connectivity index (χ0v) is 16.2. The highest BCUT2D eigenvalue weighted by atomic mass is 16.6. The number of rotatable bonds is 7. The molecule has 162 valence electrons. The molecule has 1 fully saturated rings. The SMILES string of the molecule is Cc1cc(NC(=O)COC(=O)[C@@H]2CC(=O)N(NC(=O)c3ccccc3[N+](=O)[O-])C2)no1. The summed E-state index contributed by atoms with van der Waals surface area (Å²) in [6.07, 6.45) is -0.250. The summed E-state index contributed by atoms with van der Waals surface area (Å²) in [6.45, 7) is 0.840. The summed E-state index contributed by atoms with van der Waals surface area (Å²) in [5, 5.41) is 17.9. The Kier molecular flexibility index (Phi) is 6.23. The van der Waals surface area contributed by atoms with Crippen LogP contribution >= 0.6 is 0 Å². The molecule has 0 unspecified atom stereocenters. The van der Waals surface area contributed by atoms with Crippen molar-refractivity contribution in [3.05, 3.63) is 51.8 Å². The lowest BCUT2D eigenvalue weighted by Gasteiger charge is -2.17. The molecule has 0 saturated carbocycles. The quantitative estimate of drug-likeness (QED) is 0.361. The molecule has 2 heterocycles. The van der Waals surface area contributed by atoms with Crippen LogP contribution < -0.4 is 10.7 Å². The number of esters is 1. The first kappa shape index (κ1) is 21.4. The molecule has 1 atom stereocenters. The summed E-state index contributed by atoms with van der Waals surface area (Å²) in [7, 11) is 0. The predicted molar refractivity (Wildman–Crippen MR) is 101 cm³/mol. The number of hydrazine groups is 1. The highest BCUT2D eigenvalue weighted by Crippen LogP contribution is 2.20. The number of para-hydroxylation sites is 1. The molecule has 13 nitrogen and oxygen atoms in total. The maximum absolute atomic E-state index is 12.3. The normalized spacial score (nSPS) is 15.5. The van der Waals surface area contributed by atoms with Crippen LogP contribution in [0.25, 0.3) is 0 Å². The number of nitro benzene ring substituents is 1. The van der Waals surface area contributed by atoms with Gasteiger partial charge in [-0.15, -0.1) is 0 Å². The zero-order chi connectivity index (χ0) is 22.5. The van der Waals surface area contributed by atoms with Gasteiger partial charge >= 0.3 is 5.97 Å². The molecule has 1 aliphatic heterocycles. The van der Waals surface area contributed by atoms with E-state index in [0.29, 0.717) is 5.76 Å². The Morgan fingerprint density at radius 2 is 2.10 bits per heavy atom. The monoisotopic (exact) mass is 431 g/mol. The molecule has 3 rings (SSSR count). The number of amides is 3. The summed E-state index contributed by atoms with van der Waals surface area (Å²) < 4.78 is 9.71. The van der Waals surface area contributed by atoms with E-state index in [1.165, 1.54) is 24.3 Å². The number of nitro groups is 1. The Hall–Kier alpha value is -4.29. The van der Waals surface area contributed by atoms with Crippen molar-refractivity contribution in [1.29, 1.82) is 0 Å². The molecule has 0 bridgehead atoms. The summed E-state index contributed by atoms with van der Waals surface area (Å²) in [5.41, 5.74) is 1.61. The molecule has 0 spiro atoms. The van der Waals surface area contributed by atoms with Crippen molar-refractivity contribution in [2.75, 3.05) is 18.5 Å². The Morgan fingerprint density at radius 3 is 2.77 bits per heavy atom. The first-order chi connectivity index (χ1) is 14.7. The lowest BCUT2D eigenvalue weighted by molar-refractivity contribution is -0.385. The van der Waals surface area contributed by atoms with Crippen molar-refractivity contribution in [3.63, 3.8) is 0 Å². The number of anilines is 1. The molecule has 31 heavy (non-hydrogen) atoms. The highest BCUT2D eigenvalue weighted by molar-refractivity contribution is 5.99. The van der Waals surface area contributed by atoms with Crippen molar-refractivity contribution in [1.82, 2.24) is 15.6 Å². The van der Waals surface area contributed by atoms with Crippen molar-refractivity contribution < 1.29 is 33.4 Å². The largest absolute Gasteiger partial charge is 0.455 e. The van der Waals surface area contributed by atoms with Gasteiger partial charge < -0.3 is 14.6 Å². The number of aromatic nitrogens is 1. The van der Waals surface area contributed by atoms with Crippen LogP contribution in [-0.4, -0.2) is 51.9 Å². The first-order valence-electron chi connectivity index (χ1n) is 8.99. The Labute approximate surface area is 174 Å². The molecule has 1 aliphatic rings. The molecule has 2 N–H and O–H groups in total. The molecule has 2 aromatic rings. The third-order valence-corrected chi connectivity index (χ3v) is 4.28. The molecular formula is C18H17N5O8. The number of hydrogen-bond donors (Lipinski definition) is 2. The van der Waals surface area contributed by atoms with E-state index >= 15 is 0 Å². The fraction of sp³-hybridized carbons (Fsp3) is 0.278. The van der Waals surface area contributed by atoms with Crippen LogP contribution in [0, 0.1) is 23.0 Å². The Morgan fingerprint density at radius 1 is 1.35 bits per heavy atom. The van der Waals surface area contributed by atoms with E-state index in [4.69, 9.17) is 9.26 Å². The average Bonchev–Trinajstić information content (AvgIpc) is 3.31. The minimum atomic E-state index is -0.916. The van der Waals surface area contributed by atoms with Crippen LogP contribution in [0.3, 0.4) is 0 Å². The third-order valence-electron chi connectivity index (χ3n) is 4.28. The molecule has 0 aliphatic carbocycles. The average molecular weight is 431 g/mol. The van der Waals surface area contributed by atoms with Crippen LogP contribution in [0.15, 0.2) is 34.9 Å². The smallest absolute Gasteiger partial charge is 0.311 e. The van der Waals surface area contributed by atoms with Gasteiger partial charge in [0.2, 0.25) is 5.91 Å². The standard InChI is InChI=1S/C18H17N5O8/c1-10-6-14(21-31-10)19-15(24)9-30-18(27)11-7-16(25)22(8-11)20-17(26)12-4-2-3-5-13(12)23(28)29/h2-6,11H,7-9H2,1H3,(H,20,26)(H,19,21,24)/t11-/m1/s1. The van der Waals surface area contributed by atoms with E-state index in [2.05, 4.69) is 15.9 Å². The summed E-state index contributed by atoms with van der Waals surface area (Å²) >= 11 is 0. The van der Waals surface area contributed by atoms with Crippen molar-refractivity contribution in [2.24, 2.45) is 5.92 Å². The summed E-state index contributed by atoms with van der Waals surface area (Å²) in [6, 6.07) is 6.73. The number of aryl methyl sites for hydroxylation is 1. The first-order valence-corrected chi connectivity index (χ1v) is 8.99. The molecule has 1 saturated heterocycles. The van der Waals surface area contributed by atoms with Crippen molar-refractivity contribution in [3.8, 4) is 0 Å². The molecular weight excluding hydrogens is 414 g/mol. The number of carbonyl (C=O) groups excluding carboxylic acids is 4. The van der Waals surface area contributed by atoms with Crippen molar-refractivity contribution >= 4 is 35.2 Å². The predicted octanol–water partition coefficient (Wildman–Crippen LogP) is 0.566. The van der Waals surface area contributed by atoms with Crippen LogP contribution in [0.4, 0.5) is 11.5 Å². The number of carbonyl (C=O) groups is 4. The van der Waals surface area contributed by atoms with Crippen LogP contribution in [0.2, 0.25) is 0 Å². The van der Waals surface area contributed by atoms with Gasteiger partial charge in [-0.25, -0.2) is 0 Å². The van der Waals surface area contributed by atoms with Crippen LogP contribution in [0.1, 0.15) is 22.5 Å². The molecule has 0 radical (unpaired) electrons. The van der Waals surface area contributed by atoms with Crippen LogP contribution in [-0.2, 0) is 19.1 Å². The fourth-order valence-corrected chi connectivity index (χ4v) is 2.84. The lowest BCUT2D eigenvalue weighted by atomic mass is 10.1. The second kappa shape index (κ2) is 9.02. The second-order valence-corrected chi connectivity index (χ2v) is 6.60. The number of hydrogen-bond acceptors (Lipinski definition) is 9. The third kappa shape index (κ3) is 5.20. The second-order valence-electron chi connectivity index (χ2n) is 6.60. The van der Waals surface area contributed by atoms with Gasteiger partial charge in [0.05, 0.1) is 17.4 Å². The molecule has 1 aromatic heterocycles. The maximum atomic E-state index is 12.3. The minimum Gasteiger partial charge on any atom is -0.455 e. The van der Waals surface area contributed by atoms with Crippen LogP contribution in [0.5, 0.6) is 0 Å². The summed E-state index contributed by atoms with van der Waals surface area (Å²) in [4.78, 5) is 58.8. The van der Waals surface area contributed by atoms with Gasteiger partial charge in [-0.3, -0.25) is 39.7 Å². The minimum absolute atomic E-state index is 0.165. The Bertz CT molecular complexity index is 1050. The maximum Gasteiger partial charge on any atom is 0.311 e. The van der Waals surface area contributed by atoms with Gasteiger partial charge in [0.1, 0.15) is 11.3 Å². The highest BCUT2D eigenvalue weighted by Gasteiger charge is 2.37. The number of ether oxygens (including phenoxy) is 1. The van der Waals surface area contributed by atoms with Gasteiger partial charge in [0.15, 0.2) is 12.4 Å². The fourth-order valence-electron chi connectivity index (χ4n) is 2.84. The van der Waals surface area contributed by atoms with E-state index < -0.39 is 46.8 Å². The Balaban J connectivity index is 1.52.